The van der Waals surface area contributed by atoms with Gasteiger partial charge in [0, 0.05) is 5.92 Å². The molecule has 0 aliphatic rings. The Morgan fingerprint density at radius 2 is 1.32 bits per heavy atom. The van der Waals surface area contributed by atoms with Gasteiger partial charge in [0.1, 0.15) is 6.54 Å². The summed E-state index contributed by atoms with van der Waals surface area (Å²) in [5.74, 6) is -1.55. The van der Waals surface area contributed by atoms with Gasteiger partial charge in [-0.15, -0.1) is 0 Å². The van der Waals surface area contributed by atoms with E-state index in [4.69, 9.17) is 5.11 Å². The van der Waals surface area contributed by atoms with Gasteiger partial charge in [0.2, 0.25) is 5.91 Å². The lowest BCUT2D eigenvalue weighted by molar-refractivity contribution is -0.138. The first-order chi connectivity index (χ1) is 10.6. The van der Waals surface area contributed by atoms with Crippen LogP contribution >= 0.6 is 0 Å². The van der Waals surface area contributed by atoms with Crippen LogP contribution in [0, 0.1) is 5.92 Å². The highest BCUT2D eigenvalue weighted by atomic mass is 16.4. The quantitative estimate of drug-likeness (QED) is 0.824. The highest BCUT2D eigenvalue weighted by Gasteiger charge is 2.20. The lowest BCUT2D eigenvalue weighted by Crippen LogP contribution is -2.36. The number of carbonyl (C=O) groups is 2. The van der Waals surface area contributed by atoms with Crippen LogP contribution in [0.2, 0.25) is 0 Å². The molecule has 4 nitrogen and oxygen atoms in total. The van der Waals surface area contributed by atoms with Crippen LogP contribution in [0.25, 0.3) is 0 Å². The van der Waals surface area contributed by atoms with E-state index in [0.29, 0.717) is 12.8 Å². The van der Waals surface area contributed by atoms with Crippen LogP contribution in [0.3, 0.4) is 0 Å². The van der Waals surface area contributed by atoms with Crippen molar-refractivity contribution in [2.75, 3.05) is 6.54 Å². The third kappa shape index (κ3) is 5.05. The van der Waals surface area contributed by atoms with Crippen molar-refractivity contribution in [3.8, 4) is 0 Å². The summed E-state index contributed by atoms with van der Waals surface area (Å²) in [5.41, 5.74) is 2.13. The average Bonchev–Trinajstić information content (AvgIpc) is 2.54. The summed E-state index contributed by atoms with van der Waals surface area (Å²) in [6.45, 7) is -0.348. The SMILES string of the molecule is O=C(O)CNC(=O)C(Cc1ccccc1)Cc1ccccc1. The maximum absolute atomic E-state index is 12.3. The molecule has 0 aromatic heterocycles. The number of rotatable bonds is 7. The molecule has 0 aliphatic heterocycles. The first-order valence-electron chi connectivity index (χ1n) is 7.22. The van der Waals surface area contributed by atoms with E-state index < -0.39 is 5.97 Å². The number of hydrogen-bond acceptors (Lipinski definition) is 2. The van der Waals surface area contributed by atoms with E-state index in [1.165, 1.54) is 0 Å². The lowest BCUT2D eigenvalue weighted by atomic mass is 9.92. The van der Waals surface area contributed by atoms with Crippen molar-refractivity contribution in [1.82, 2.24) is 5.32 Å². The average molecular weight is 297 g/mol. The molecule has 4 heteroatoms. The van der Waals surface area contributed by atoms with Gasteiger partial charge in [-0.3, -0.25) is 9.59 Å². The van der Waals surface area contributed by atoms with E-state index in [9.17, 15) is 9.59 Å². The van der Waals surface area contributed by atoms with Gasteiger partial charge < -0.3 is 10.4 Å². The second-order valence-electron chi connectivity index (χ2n) is 5.19. The standard InChI is InChI=1S/C18H19NO3/c20-17(21)13-19-18(22)16(11-14-7-3-1-4-8-14)12-15-9-5-2-6-10-15/h1-10,16H,11-13H2,(H,19,22)(H,20,21). The highest BCUT2D eigenvalue weighted by molar-refractivity contribution is 5.83. The smallest absolute Gasteiger partial charge is 0.322 e. The van der Waals surface area contributed by atoms with Crippen molar-refractivity contribution in [2.24, 2.45) is 5.92 Å². The molecule has 2 rings (SSSR count). The molecule has 0 unspecified atom stereocenters. The molecular weight excluding hydrogens is 278 g/mol. The number of carboxylic acids is 1. The molecule has 0 bridgehead atoms. The molecule has 0 fully saturated rings. The number of hydrogen-bond donors (Lipinski definition) is 2. The molecule has 0 heterocycles. The van der Waals surface area contributed by atoms with Gasteiger partial charge >= 0.3 is 5.97 Å². The molecule has 1 amide bonds. The largest absolute Gasteiger partial charge is 0.480 e. The van der Waals surface area contributed by atoms with Crippen molar-refractivity contribution in [3.05, 3.63) is 71.8 Å². The Morgan fingerprint density at radius 3 is 1.73 bits per heavy atom. The molecule has 0 saturated heterocycles. The summed E-state index contributed by atoms with van der Waals surface area (Å²) >= 11 is 0. The van der Waals surface area contributed by atoms with E-state index in [2.05, 4.69) is 5.32 Å². The highest BCUT2D eigenvalue weighted by Crippen LogP contribution is 2.15. The van der Waals surface area contributed by atoms with Crippen molar-refractivity contribution < 1.29 is 14.7 Å². The monoisotopic (exact) mass is 297 g/mol. The van der Waals surface area contributed by atoms with Crippen LogP contribution < -0.4 is 5.32 Å². The number of nitrogens with one attached hydrogen (secondary N) is 1. The minimum absolute atomic E-state index is 0.227. The summed E-state index contributed by atoms with van der Waals surface area (Å²) in [6, 6.07) is 19.5. The summed E-state index contributed by atoms with van der Waals surface area (Å²) in [5, 5.41) is 11.2. The fourth-order valence-corrected chi connectivity index (χ4v) is 2.36. The minimum atomic E-state index is -1.04. The van der Waals surface area contributed by atoms with Crippen LogP contribution in [-0.4, -0.2) is 23.5 Å². The topological polar surface area (TPSA) is 66.4 Å². The Kier molecular flexibility index (Phi) is 5.72. The Balaban J connectivity index is 2.09. The third-order valence-corrected chi connectivity index (χ3v) is 3.43. The third-order valence-electron chi connectivity index (χ3n) is 3.43. The molecular formula is C18H19NO3. The molecule has 0 spiro atoms. The number of carboxylic acid groups (broad SMARTS) is 1. The van der Waals surface area contributed by atoms with Crippen LogP contribution in [-0.2, 0) is 22.4 Å². The number of aliphatic carboxylic acids is 1. The Labute approximate surface area is 129 Å². The van der Waals surface area contributed by atoms with Crippen molar-refractivity contribution in [1.29, 1.82) is 0 Å². The van der Waals surface area contributed by atoms with E-state index in [0.717, 1.165) is 11.1 Å². The summed E-state index contributed by atoms with van der Waals surface area (Å²) < 4.78 is 0. The van der Waals surface area contributed by atoms with Crippen LogP contribution in [0.1, 0.15) is 11.1 Å². The van der Waals surface area contributed by atoms with E-state index in [1.807, 2.05) is 60.7 Å². The summed E-state index contributed by atoms with van der Waals surface area (Å²) in [4.78, 5) is 22.9. The maximum atomic E-state index is 12.3. The van der Waals surface area contributed by atoms with Crippen molar-refractivity contribution >= 4 is 11.9 Å². The van der Waals surface area contributed by atoms with Gasteiger partial charge in [-0.05, 0) is 24.0 Å². The number of carbonyl (C=O) groups excluding carboxylic acids is 1. The normalized spacial score (nSPS) is 10.4. The predicted molar refractivity (Wildman–Crippen MR) is 84.4 cm³/mol. The van der Waals surface area contributed by atoms with Gasteiger partial charge in [-0.2, -0.15) is 0 Å². The first-order valence-corrected chi connectivity index (χ1v) is 7.22. The molecule has 0 atom stereocenters. The van der Waals surface area contributed by atoms with Crippen LogP contribution in [0.4, 0.5) is 0 Å². The second-order valence-corrected chi connectivity index (χ2v) is 5.19. The van der Waals surface area contributed by atoms with E-state index in [1.54, 1.807) is 0 Å². The zero-order valence-corrected chi connectivity index (χ0v) is 12.2. The minimum Gasteiger partial charge on any atom is -0.480 e. The predicted octanol–water partition coefficient (Wildman–Crippen LogP) is 2.29. The second kappa shape index (κ2) is 7.98. The van der Waals surface area contributed by atoms with Crippen molar-refractivity contribution in [2.45, 2.75) is 12.8 Å². The molecule has 2 aromatic carbocycles. The van der Waals surface area contributed by atoms with E-state index in [-0.39, 0.29) is 18.4 Å². The maximum Gasteiger partial charge on any atom is 0.322 e. The fourth-order valence-electron chi connectivity index (χ4n) is 2.36. The van der Waals surface area contributed by atoms with Gasteiger partial charge in [0.05, 0.1) is 0 Å². The van der Waals surface area contributed by atoms with Gasteiger partial charge in [0.15, 0.2) is 0 Å². The zero-order valence-electron chi connectivity index (χ0n) is 12.2. The molecule has 22 heavy (non-hydrogen) atoms. The Bertz CT molecular complexity index is 569. The molecule has 0 radical (unpaired) electrons. The zero-order chi connectivity index (χ0) is 15.8. The van der Waals surface area contributed by atoms with Gasteiger partial charge in [-0.1, -0.05) is 60.7 Å². The molecule has 2 aromatic rings. The molecule has 2 N–H and O–H groups in total. The first kappa shape index (κ1) is 15.8. The summed E-state index contributed by atoms with van der Waals surface area (Å²) in [6.07, 6.45) is 1.17. The van der Waals surface area contributed by atoms with Gasteiger partial charge in [0.25, 0.3) is 0 Å². The fraction of sp³-hybridized carbons (Fsp3) is 0.222. The van der Waals surface area contributed by atoms with Crippen LogP contribution in [0.15, 0.2) is 60.7 Å². The van der Waals surface area contributed by atoms with Gasteiger partial charge in [-0.25, -0.2) is 0 Å². The molecule has 0 saturated carbocycles. The van der Waals surface area contributed by atoms with Crippen molar-refractivity contribution in [3.63, 3.8) is 0 Å². The summed E-state index contributed by atoms with van der Waals surface area (Å²) in [7, 11) is 0. The van der Waals surface area contributed by atoms with Crippen LogP contribution in [0.5, 0.6) is 0 Å². The Hall–Kier alpha value is -2.62. The Morgan fingerprint density at radius 1 is 0.864 bits per heavy atom. The molecule has 0 aliphatic carbocycles. The number of benzene rings is 2. The number of amides is 1. The molecule has 114 valence electrons. The van der Waals surface area contributed by atoms with E-state index >= 15 is 0 Å². The lowest BCUT2D eigenvalue weighted by Gasteiger charge is -2.16.